The van der Waals surface area contributed by atoms with E-state index in [-0.39, 0.29) is 36.2 Å². The Labute approximate surface area is 277 Å². The van der Waals surface area contributed by atoms with Gasteiger partial charge in [0.2, 0.25) is 0 Å². The smallest absolute Gasteiger partial charge is 0.459 e. The molecule has 4 unspecified atom stereocenters. The quantitative estimate of drug-likeness (QED) is 0.115. The fraction of sp³-hybridized carbons (Fsp3) is 0.382. The molecule has 2 aromatic carbocycles. The van der Waals surface area contributed by atoms with E-state index < -0.39 is 56.0 Å². The largest absolute Gasteiger partial charge is 0.464 e. The Bertz CT molecular complexity index is 1880. The van der Waals surface area contributed by atoms with Gasteiger partial charge in [-0.05, 0) is 42.0 Å². The Morgan fingerprint density at radius 1 is 1.15 bits per heavy atom. The zero-order valence-corrected chi connectivity index (χ0v) is 28.1. The monoisotopic (exact) mass is 680 g/mol. The van der Waals surface area contributed by atoms with Crippen molar-refractivity contribution in [1.29, 1.82) is 0 Å². The first-order chi connectivity index (χ1) is 22.8. The van der Waals surface area contributed by atoms with E-state index >= 15 is 0 Å². The number of nitrogens with zero attached hydrogens (tertiary/aromatic N) is 1. The molecule has 1 saturated heterocycles. The molecule has 4 N–H and O–H groups in total. The summed E-state index contributed by atoms with van der Waals surface area (Å²) in [5.74, 6) is -0.446. The number of H-pyrrole nitrogens is 2. The molecule has 0 radical (unpaired) electrons. The molecular weight excluding hydrogens is 639 g/mol. The number of aliphatic hydroxyl groups excluding tert-OH is 1. The summed E-state index contributed by atoms with van der Waals surface area (Å²) in [6, 6.07) is 16.7. The molecule has 0 aliphatic carbocycles. The van der Waals surface area contributed by atoms with Gasteiger partial charge in [0.1, 0.15) is 24.1 Å². The SMILES string of the molecule is C/C=C/c1cn(C2CC(O)C(COP(=O)(N[C@@H](Cc3cc4ccccc4[nH]3)C(=O)OCC(C)(C)C)Oc3ccccc3)O2)c(=O)[nH]c1=O. The van der Waals surface area contributed by atoms with E-state index in [0.29, 0.717) is 5.69 Å². The fourth-order valence-electron chi connectivity index (χ4n) is 5.15. The molecule has 3 heterocycles. The summed E-state index contributed by atoms with van der Waals surface area (Å²) >= 11 is 0. The number of para-hydroxylation sites is 2. The van der Waals surface area contributed by atoms with Crippen molar-refractivity contribution in [3.8, 4) is 5.75 Å². The third-order valence-electron chi connectivity index (χ3n) is 7.49. The van der Waals surface area contributed by atoms with Gasteiger partial charge in [-0.2, -0.15) is 5.09 Å². The number of allylic oxidation sites excluding steroid dienone is 1. The van der Waals surface area contributed by atoms with Crippen LogP contribution in [0.4, 0.5) is 0 Å². The molecule has 0 bridgehead atoms. The molecule has 0 saturated carbocycles. The molecule has 5 atom stereocenters. The van der Waals surface area contributed by atoms with Crippen LogP contribution in [-0.2, 0) is 29.8 Å². The molecule has 48 heavy (non-hydrogen) atoms. The van der Waals surface area contributed by atoms with Gasteiger partial charge in [-0.15, -0.1) is 0 Å². The Morgan fingerprint density at radius 2 is 1.88 bits per heavy atom. The van der Waals surface area contributed by atoms with Crippen molar-refractivity contribution in [2.45, 2.75) is 65.0 Å². The van der Waals surface area contributed by atoms with Gasteiger partial charge in [0, 0.05) is 30.2 Å². The first-order valence-electron chi connectivity index (χ1n) is 15.6. The maximum absolute atomic E-state index is 14.5. The minimum absolute atomic E-state index is 0.00529. The van der Waals surface area contributed by atoms with Crippen LogP contribution in [0.15, 0.2) is 82.5 Å². The van der Waals surface area contributed by atoms with Crippen LogP contribution < -0.4 is 20.9 Å². The maximum Gasteiger partial charge on any atom is 0.459 e. The summed E-state index contributed by atoms with van der Waals surface area (Å²) in [6.07, 6.45) is 1.52. The first kappa shape index (κ1) is 35.1. The molecule has 1 aliphatic heterocycles. The number of carbonyl (C=O) groups excluding carboxylic acids is 1. The van der Waals surface area contributed by atoms with Crippen LogP contribution in [0, 0.1) is 5.41 Å². The van der Waals surface area contributed by atoms with Crippen LogP contribution in [0.25, 0.3) is 17.0 Å². The molecule has 256 valence electrons. The summed E-state index contributed by atoms with van der Waals surface area (Å²) in [5, 5.41) is 14.6. The summed E-state index contributed by atoms with van der Waals surface area (Å²) in [7, 11) is -4.37. The summed E-state index contributed by atoms with van der Waals surface area (Å²) < 4.78 is 39.0. The molecule has 0 amide bonds. The minimum atomic E-state index is -4.37. The van der Waals surface area contributed by atoms with Crippen LogP contribution in [0.2, 0.25) is 0 Å². The zero-order chi connectivity index (χ0) is 34.5. The van der Waals surface area contributed by atoms with Gasteiger partial charge in [-0.1, -0.05) is 69.3 Å². The minimum Gasteiger partial charge on any atom is -0.464 e. The standard InChI is InChI=1S/C34H41N4O9P/c1-5-11-23-19-38(33(42)36-31(23)40)30-18-28(39)29(46-30)20-45-48(43,47-25-13-7-6-8-14-25)37-27(32(41)44-21-34(2,3)4)17-24-16-22-12-9-10-15-26(22)35-24/h5-16,19,27-30,35,39H,17-18,20-21H2,1-4H3,(H,37,43)(H,36,40,42)/b11-5+/t27-,28?,29?,30?,48?/m0/s1. The second kappa shape index (κ2) is 14.9. The van der Waals surface area contributed by atoms with Gasteiger partial charge < -0.3 is 24.1 Å². The Morgan fingerprint density at radius 3 is 2.58 bits per heavy atom. The van der Waals surface area contributed by atoms with E-state index in [1.165, 1.54) is 10.8 Å². The number of esters is 1. The van der Waals surface area contributed by atoms with E-state index in [4.69, 9.17) is 18.5 Å². The second-order valence-electron chi connectivity index (χ2n) is 12.8. The average molecular weight is 681 g/mol. The number of nitrogens with one attached hydrogen (secondary N) is 3. The number of ether oxygens (including phenoxy) is 2. The van der Waals surface area contributed by atoms with Crippen molar-refractivity contribution < 1.29 is 33.0 Å². The fourth-order valence-corrected chi connectivity index (χ4v) is 6.66. The van der Waals surface area contributed by atoms with Crippen LogP contribution in [-0.4, -0.2) is 57.1 Å². The predicted molar refractivity (Wildman–Crippen MR) is 181 cm³/mol. The van der Waals surface area contributed by atoms with Gasteiger partial charge in [0.25, 0.3) is 5.56 Å². The number of rotatable bonds is 13. The van der Waals surface area contributed by atoms with E-state index in [1.807, 2.05) is 51.1 Å². The van der Waals surface area contributed by atoms with Crippen molar-refractivity contribution in [1.82, 2.24) is 19.6 Å². The molecule has 4 aromatic rings. The summed E-state index contributed by atoms with van der Waals surface area (Å²) in [4.78, 5) is 43.8. The molecule has 1 aliphatic rings. The first-order valence-corrected chi connectivity index (χ1v) is 17.2. The summed E-state index contributed by atoms with van der Waals surface area (Å²) in [5.41, 5.74) is 0.209. The molecule has 1 fully saturated rings. The van der Waals surface area contributed by atoms with Gasteiger partial charge in [-0.25, -0.2) is 9.36 Å². The van der Waals surface area contributed by atoms with Crippen LogP contribution in [0.1, 0.15) is 51.6 Å². The Balaban J connectivity index is 1.38. The topological polar surface area (TPSA) is 174 Å². The Hall–Kier alpha value is -4.26. The van der Waals surface area contributed by atoms with E-state index in [9.17, 15) is 24.1 Å². The number of aromatic nitrogens is 3. The second-order valence-corrected chi connectivity index (χ2v) is 14.5. The highest BCUT2D eigenvalue weighted by molar-refractivity contribution is 7.52. The maximum atomic E-state index is 14.5. The van der Waals surface area contributed by atoms with E-state index in [1.54, 1.807) is 49.4 Å². The zero-order valence-electron chi connectivity index (χ0n) is 27.3. The van der Waals surface area contributed by atoms with Gasteiger partial charge in [0.15, 0.2) is 0 Å². The van der Waals surface area contributed by atoms with Gasteiger partial charge in [0.05, 0.1) is 24.9 Å². The Kier molecular flexibility index (Phi) is 10.9. The molecule has 0 spiro atoms. The molecule has 5 rings (SSSR count). The van der Waals surface area contributed by atoms with Crippen molar-refractivity contribution in [3.05, 3.63) is 105 Å². The number of aromatic amines is 2. The molecule has 13 nitrogen and oxygen atoms in total. The van der Waals surface area contributed by atoms with E-state index in [2.05, 4.69) is 15.1 Å². The number of fused-ring (bicyclic) bond motifs is 1. The molecular formula is C34H41N4O9P. The number of hydrogen-bond donors (Lipinski definition) is 4. The lowest BCUT2D eigenvalue weighted by Crippen LogP contribution is -2.41. The van der Waals surface area contributed by atoms with Crippen molar-refractivity contribution >= 4 is 30.7 Å². The summed E-state index contributed by atoms with van der Waals surface area (Å²) in [6.45, 7) is 7.20. The third kappa shape index (κ3) is 9.00. The van der Waals surface area contributed by atoms with Crippen LogP contribution in [0.5, 0.6) is 5.75 Å². The number of hydrogen-bond acceptors (Lipinski definition) is 9. The number of aliphatic hydroxyl groups is 1. The third-order valence-corrected chi connectivity index (χ3v) is 9.06. The highest BCUT2D eigenvalue weighted by Crippen LogP contribution is 2.46. The van der Waals surface area contributed by atoms with Gasteiger partial charge in [-0.3, -0.25) is 23.7 Å². The van der Waals surface area contributed by atoms with E-state index in [0.717, 1.165) is 10.9 Å². The predicted octanol–water partition coefficient (Wildman–Crippen LogP) is 4.69. The van der Waals surface area contributed by atoms with Crippen molar-refractivity contribution in [2.75, 3.05) is 13.2 Å². The highest BCUT2D eigenvalue weighted by Gasteiger charge is 2.40. The normalized spacial score (nSPS) is 20.1. The van der Waals surface area contributed by atoms with Crippen molar-refractivity contribution in [2.24, 2.45) is 5.41 Å². The molecule has 2 aromatic heterocycles. The average Bonchev–Trinajstić information content (AvgIpc) is 3.62. The lowest BCUT2D eigenvalue weighted by molar-refractivity contribution is -0.148. The van der Waals surface area contributed by atoms with Crippen LogP contribution in [0.3, 0.4) is 0 Å². The van der Waals surface area contributed by atoms with Gasteiger partial charge >= 0.3 is 19.4 Å². The number of carbonyl (C=O) groups is 1. The lowest BCUT2D eigenvalue weighted by atomic mass is 9.99. The highest BCUT2D eigenvalue weighted by atomic mass is 31.2. The molecule has 14 heteroatoms. The van der Waals surface area contributed by atoms with Crippen molar-refractivity contribution in [3.63, 3.8) is 0 Å². The van der Waals surface area contributed by atoms with Crippen LogP contribution >= 0.6 is 7.75 Å². The number of benzene rings is 2. The lowest BCUT2D eigenvalue weighted by Gasteiger charge is -2.27.